The van der Waals surface area contributed by atoms with Crippen molar-refractivity contribution in [1.29, 1.82) is 31.6 Å². The highest BCUT2D eigenvalue weighted by Gasteiger charge is 2.23. The van der Waals surface area contributed by atoms with Gasteiger partial charge in [0.25, 0.3) is 0 Å². The van der Waals surface area contributed by atoms with E-state index in [9.17, 15) is 41.2 Å². The maximum absolute atomic E-state index is 12.2. The van der Waals surface area contributed by atoms with E-state index in [1.807, 2.05) is 41.5 Å². The van der Waals surface area contributed by atoms with Gasteiger partial charge in [0.1, 0.15) is 11.2 Å². The van der Waals surface area contributed by atoms with Crippen molar-refractivity contribution in [3.8, 4) is 36.4 Å². The van der Waals surface area contributed by atoms with E-state index in [4.69, 9.17) is 68.5 Å². The molecular formula is C102H204N32O4. The van der Waals surface area contributed by atoms with E-state index < -0.39 is 17.3 Å². The number of carbonyl (C=O) groups excluding carboxylic acids is 2. The van der Waals surface area contributed by atoms with Crippen LogP contribution in [-0.4, -0.2) is 445 Å². The van der Waals surface area contributed by atoms with Gasteiger partial charge in [0, 0.05) is 143 Å². The Labute approximate surface area is 841 Å². The summed E-state index contributed by atoms with van der Waals surface area (Å²) >= 11 is 0. The van der Waals surface area contributed by atoms with Crippen LogP contribution in [0.2, 0.25) is 0 Å². The molecule has 0 fully saturated rings. The second kappa shape index (κ2) is 98.0. The van der Waals surface area contributed by atoms with Crippen LogP contribution in [0, 0.1) is 81.1 Å². The van der Waals surface area contributed by atoms with Crippen molar-refractivity contribution in [2.75, 3.05) is 353 Å². The lowest BCUT2D eigenvalue weighted by atomic mass is 10.2. The minimum absolute atomic E-state index is 0.335. The highest BCUT2D eigenvalue weighted by molar-refractivity contribution is 5.67. The lowest BCUT2D eigenvalue weighted by Crippen LogP contribution is -2.42. The van der Waals surface area contributed by atoms with Gasteiger partial charge in [-0.1, -0.05) is 25.7 Å². The third-order valence-corrected chi connectivity index (χ3v) is 24.4. The number of alkyl carbamates (subject to hydrolysis) is 2. The van der Waals surface area contributed by atoms with E-state index in [1.165, 1.54) is 0 Å². The quantitative estimate of drug-likeness (QED) is 0.0207. The lowest BCUT2D eigenvalue weighted by molar-refractivity contribution is 0.0515. The van der Waals surface area contributed by atoms with Crippen LogP contribution in [0.15, 0.2) is 0 Å². The zero-order valence-electron chi connectivity index (χ0n) is 88.5. The molecule has 18 N–H and O–H groups in total. The SMILES string of the molecule is CC(C)(C)OC(=O)NCCCCCCN(CCN(CCCN(CCCN)CCCN)CCCN(CCCN)CCCN)CCN(CCCN(CCCN)CCCN)CCCN(CCCN)CCCN.[C-]#[N+]CCN(CCC#N)CCCN(CCCN(CCC#N)CCC#N)CCN(CCCCCCNC(=O)OC(C)(C)C)CCN(CCCN(CCC#N)CCC#N)CCCN(CCC#N)CC[N+]#[C-]. The zero-order chi connectivity index (χ0) is 102. The molecule has 0 aliphatic rings. The number of rotatable bonds is 98. The highest BCUT2D eigenvalue weighted by atomic mass is 16.6. The van der Waals surface area contributed by atoms with E-state index in [0.717, 1.165) is 429 Å². The summed E-state index contributed by atoms with van der Waals surface area (Å²) in [6.07, 6.45) is 26.3. The van der Waals surface area contributed by atoms with Crippen LogP contribution in [0.1, 0.15) is 234 Å². The molecule has 0 aromatic rings. The van der Waals surface area contributed by atoms with Gasteiger partial charge in [-0.25, -0.2) is 22.7 Å². The number of nitriles is 6. The standard InChI is InChI=1S/C51H86N16O2.C51H118N16O2/c1-51(2,3)69-50(68)60-26-8-6-7-9-29-67(48-46-65(40-16-36-61(30-10-20-52)31-11-21-53)42-18-38-63(34-14-24-56)44-27-58-4)49-47-66(41-17-37-62(32-12-22-54)33-13-23-55)43-19-39-64(35-15-25-57)45-28-59-5;1-51(2,3)69-50(68)60-28-6-4-5-7-29-67(48-46-65(42-16-38-61(30-8-20-52)31-9-21-53)43-17-39-62(32-10-22-54)33-11-23-55)49-47-66(44-18-40-63(34-12-24-56)35-13-25-57)45-19-41-64(36-14-26-58)37-15-27-59/h6-19,26-49H2,1-3H3,(H,60,68);4-49,52-59H2,1-3H3,(H,60,68). The fourth-order valence-corrected chi connectivity index (χ4v) is 16.8. The minimum Gasteiger partial charge on any atom is -0.444 e. The molecule has 0 rings (SSSR count). The Morgan fingerprint density at radius 1 is 0.225 bits per heavy atom. The number of ether oxygens (including phenoxy) is 2. The molecule has 2 amide bonds. The first kappa shape index (κ1) is 134. The molecule has 0 saturated heterocycles. The van der Waals surface area contributed by atoms with Gasteiger partial charge < -0.3 is 134 Å². The molecule has 0 aliphatic heterocycles. The predicted molar refractivity (Wildman–Crippen MR) is 566 cm³/mol. The van der Waals surface area contributed by atoms with Gasteiger partial charge in [-0.2, -0.15) is 31.6 Å². The summed E-state index contributed by atoms with van der Waals surface area (Å²) in [6, 6.07) is 13.5. The molecule has 138 heavy (non-hydrogen) atoms. The van der Waals surface area contributed by atoms with Crippen LogP contribution in [0.5, 0.6) is 0 Å². The molecule has 36 heteroatoms. The van der Waals surface area contributed by atoms with E-state index in [2.05, 4.69) is 125 Å². The molecule has 0 aromatic heterocycles. The monoisotopic (exact) mass is 1940 g/mol. The first-order valence-electron chi connectivity index (χ1n) is 53.5. The normalized spacial score (nSPS) is 11.9. The average molecular weight is 1940 g/mol. The summed E-state index contributed by atoms with van der Waals surface area (Å²) in [5.74, 6) is 0. The fourth-order valence-electron chi connectivity index (χ4n) is 16.8. The summed E-state index contributed by atoms with van der Waals surface area (Å²) in [7, 11) is 0. The molecule has 0 heterocycles. The number of nitrogens with zero attached hydrogens (tertiary/aromatic N) is 22. The van der Waals surface area contributed by atoms with Crippen LogP contribution in [0.3, 0.4) is 0 Å². The van der Waals surface area contributed by atoms with Crippen molar-refractivity contribution in [1.82, 2.24) is 79.2 Å². The Morgan fingerprint density at radius 2 is 0.370 bits per heavy atom. The summed E-state index contributed by atoms with van der Waals surface area (Å²) in [4.78, 5) is 66.4. The van der Waals surface area contributed by atoms with Crippen molar-refractivity contribution >= 4 is 12.2 Å². The number of unbranched alkanes of at least 4 members (excludes halogenated alkanes) is 6. The van der Waals surface area contributed by atoms with Gasteiger partial charge in [-0.15, -0.1) is 0 Å². The maximum atomic E-state index is 12.2. The molecule has 0 atom stereocenters. The van der Waals surface area contributed by atoms with Crippen molar-refractivity contribution in [2.24, 2.45) is 45.9 Å². The van der Waals surface area contributed by atoms with Gasteiger partial charge in [-0.05, 0) is 392 Å². The Kier molecular flexibility index (Phi) is 94.9. The summed E-state index contributed by atoms with van der Waals surface area (Å²) in [5.41, 5.74) is 46.5. The highest BCUT2D eigenvalue weighted by Crippen LogP contribution is 2.15. The molecule has 0 aliphatic carbocycles. The number of nitrogens with two attached hydrogens (primary N) is 8. The zero-order valence-corrected chi connectivity index (χ0v) is 88.5. The number of amides is 2. The molecule has 0 bridgehead atoms. The van der Waals surface area contributed by atoms with Crippen LogP contribution in [0.4, 0.5) is 9.59 Å². The van der Waals surface area contributed by atoms with E-state index >= 15 is 0 Å². The Morgan fingerprint density at radius 3 is 0.536 bits per heavy atom. The summed E-state index contributed by atoms with van der Waals surface area (Å²) in [6.45, 7) is 72.0. The van der Waals surface area contributed by atoms with Gasteiger partial charge in [0.2, 0.25) is 13.1 Å². The fraction of sp³-hybridized carbons (Fsp3) is 0.902. The number of hydrogen-bond donors (Lipinski definition) is 10. The smallest absolute Gasteiger partial charge is 0.407 e. The Bertz CT molecular complexity index is 2720. The first-order chi connectivity index (χ1) is 67.0. The van der Waals surface area contributed by atoms with Crippen LogP contribution in [0.25, 0.3) is 9.69 Å². The van der Waals surface area contributed by atoms with Crippen LogP contribution in [-0.2, 0) is 9.47 Å². The van der Waals surface area contributed by atoms with Crippen molar-refractivity contribution < 1.29 is 19.1 Å². The maximum Gasteiger partial charge on any atom is 0.407 e. The average Bonchev–Trinajstić information content (AvgIpc) is 1.000. The molecule has 0 saturated carbocycles. The van der Waals surface area contributed by atoms with E-state index in [1.54, 1.807) is 0 Å². The molecule has 0 radical (unpaired) electrons. The van der Waals surface area contributed by atoms with Crippen molar-refractivity contribution in [3.05, 3.63) is 22.8 Å². The van der Waals surface area contributed by atoms with E-state index in [0.29, 0.717) is 117 Å². The molecule has 36 nitrogen and oxygen atoms in total. The van der Waals surface area contributed by atoms with Crippen molar-refractivity contribution in [2.45, 2.75) is 245 Å². The largest absolute Gasteiger partial charge is 0.444 e. The lowest BCUT2D eigenvalue weighted by Gasteiger charge is -2.32. The second-order valence-electron chi connectivity index (χ2n) is 38.6. The second-order valence-corrected chi connectivity index (χ2v) is 38.6. The molecule has 0 unspecified atom stereocenters. The molecule has 796 valence electrons. The third kappa shape index (κ3) is 88.5. The Hall–Kier alpha value is -6.42. The molecule has 0 aromatic carbocycles. The predicted octanol–water partition coefficient (Wildman–Crippen LogP) is 7.60. The molecule has 0 spiro atoms. The Balaban J connectivity index is 0. The summed E-state index contributed by atoms with van der Waals surface area (Å²) in [5, 5.41) is 61.4. The molecular weight excluding hydrogens is 1740 g/mol. The topological polar surface area (TPSA) is 482 Å². The number of hydrogen-bond acceptors (Lipinski definition) is 32. The number of nitrogens with one attached hydrogen (secondary N) is 2. The summed E-state index contributed by atoms with van der Waals surface area (Å²) < 4.78 is 10.8. The van der Waals surface area contributed by atoms with Gasteiger partial charge in [0.05, 0.1) is 49.5 Å². The van der Waals surface area contributed by atoms with Gasteiger partial charge in [-0.3, -0.25) is 9.80 Å². The van der Waals surface area contributed by atoms with Gasteiger partial charge in [0.15, 0.2) is 0 Å². The van der Waals surface area contributed by atoms with Gasteiger partial charge >= 0.3 is 12.2 Å². The van der Waals surface area contributed by atoms with Crippen LogP contribution < -0.4 is 56.5 Å². The third-order valence-electron chi connectivity index (χ3n) is 24.4. The van der Waals surface area contributed by atoms with E-state index in [-0.39, 0.29) is 6.09 Å². The van der Waals surface area contributed by atoms with Crippen LogP contribution >= 0.6 is 0 Å². The minimum atomic E-state index is -0.542. The first-order valence-corrected chi connectivity index (χ1v) is 53.5. The van der Waals surface area contributed by atoms with Crippen molar-refractivity contribution in [3.63, 3.8) is 0 Å². The number of carbonyl (C=O) groups is 2.